The van der Waals surface area contributed by atoms with Gasteiger partial charge in [-0.15, -0.1) is 0 Å². The fourth-order valence-corrected chi connectivity index (χ4v) is 5.66. The summed E-state index contributed by atoms with van der Waals surface area (Å²) in [4.78, 5) is 2.70. The molecule has 0 aromatic heterocycles. The Morgan fingerprint density at radius 3 is 1.54 bits per heavy atom. The van der Waals surface area contributed by atoms with Crippen molar-refractivity contribution in [2.24, 2.45) is 0 Å². The number of anilines is 1. The molecule has 8 heteroatoms. The lowest BCUT2D eigenvalue weighted by Gasteiger charge is -2.44. The van der Waals surface area contributed by atoms with Gasteiger partial charge >= 0.3 is 15.6 Å². The van der Waals surface area contributed by atoms with Gasteiger partial charge in [-0.1, -0.05) is 131 Å². The van der Waals surface area contributed by atoms with Crippen molar-refractivity contribution < 1.29 is 26.1 Å². The molecule has 0 saturated carbocycles. The van der Waals surface area contributed by atoms with Crippen molar-refractivity contribution in [2.75, 3.05) is 4.90 Å². The van der Waals surface area contributed by atoms with E-state index in [4.69, 9.17) is 13.0 Å². The molecule has 0 atom stereocenters. The minimum Gasteiger partial charge on any atom is -0.349 e. The fourth-order valence-electron chi connectivity index (χ4n) is 5.66. The molecule has 216 valence electrons. The van der Waals surface area contributed by atoms with Gasteiger partial charge in [0.25, 0.3) is 0 Å². The van der Waals surface area contributed by atoms with Gasteiger partial charge in [0, 0.05) is 12.2 Å². The monoisotopic (exact) mass is 581 g/mol. The smallest absolute Gasteiger partial charge is 0.349 e. The number of para-hydroxylation sites is 1. The topological polar surface area (TPSA) is 57.6 Å². The number of alkyl halides is 3. The minimum absolute atomic E-state index is 0.381. The number of halogens is 3. The number of hydrogen-bond acceptors (Lipinski definition) is 3. The number of benzene rings is 4. The van der Waals surface area contributed by atoms with Gasteiger partial charge in [-0.3, -0.25) is 4.55 Å². The van der Waals surface area contributed by atoms with E-state index in [2.05, 4.69) is 136 Å². The van der Waals surface area contributed by atoms with E-state index in [1.165, 1.54) is 39.1 Å². The lowest BCUT2D eigenvalue weighted by atomic mass is 9.76. The molecule has 0 saturated heterocycles. The first-order chi connectivity index (χ1) is 19.3. The SMILES string of the molecule is CC(C)c1cccc(C(C)C)c1N1Cc2ccccc2C1(c1ccccc1)c1ccccc1.O=S(=O)(O)C(F)(F)F. The Labute approximate surface area is 240 Å². The van der Waals surface area contributed by atoms with E-state index in [0.29, 0.717) is 11.8 Å². The Morgan fingerprint density at radius 2 is 1.12 bits per heavy atom. The van der Waals surface area contributed by atoms with Crippen LogP contribution in [-0.4, -0.2) is 18.5 Å². The summed E-state index contributed by atoms with van der Waals surface area (Å²) in [6.45, 7) is 10.2. The first-order valence-corrected chi connectivity index (χ1v) is 14.9. The van der Waals surface area contributed by atoms with E-state index in [9.17, 15) is 13.2 Å². The average molecular weight is 582 g/mol. The molecule has 0 radical (unpaired) electrons. The minimum atomic E-state index is -5.84. The maximum Gasteiger partial charge on any atom is 0.522 e. The molecule has 0 unspecified atom stereocenters. The summed E-state index contributed by atoms with van der Waals surface area (Å²) in [6, 6.07) is 38.1. The predicted octanol–water partition coefficient (Wildman–Crippen LogP) is 8.64. The Kier molecular flexibility index (Phi) is 8.66. The molecule has 4 aromatic carbocycles. The summed E-state index contributed by atoms with van der Waals surface area (Å²) >= 11 is 0. The molecule has 0 amide bonds. The summed E-state index contributed by atoms with van der Waals surface area (Å²) < 4.78 is 57.5. The number of nitrogens with zero attached hydrogens (tertiary/aromatic N) is 1. The van der Waals surface area contributed by atoms with E-state index in [1.54, 1.807) is 0 Å². The second kappa shape index (κ2) is 11.7. The van der Waals surface area contributed by atoms with Gasteiger partial charge in [0.15, 0.2) is 0 Å². The van der Waals surface area contributed by atoms with E-state index >= 15 is 0 Å². The Morgan fingerprint density at radius 1 is 0.707 bits per heavy atom. The third-order valence-electron chi connectivity index (χ3n) is 7.43. The zero-order valence-electron chi connectivity index (χ0n) is 23.4. The third kappa shape index (κ3) is 5.76. The highest BCUT2D eigenvalue weighted by molar-refractivity contribution is 7.86. The van der Waals surface area contributed by atoms with Crippen molar-refractivity contribution in [3.8, 4) is 0 Å². The maximum absolute atomic E-state index is 10.7. The van der Waals surface area contributed by atoms with Crippen LogP contribution in [0.2, 0.25) is 0 Å². The third-order valence-corrected chi connectivity index (χ3v) is 8.01. The predicted molar refractivity (Wildman–Crippen MR) is 158 cm³/mol. The fraction of sp³-hybridized carbons (Fsp3) is 0.273. The lowest BCUT2D eigenvalue weighted by molar-refractivity contribution is -0.0510. The molecule has 4 aromatic rings. The summed E-state index contributed by atoms with van der Waals surface area (Å²) in [5, 5.41) is 0. The molecule has 41 heavy (non-hydrogen) atoms. The van der Waals surface area contributed by atoms with Crippen molar-refractivity contribution in [1.29, 1.82) is 0 Å². The quantitative estimate of drug-likeness (QED) is 0.189. The van der Waals surface area contributed by atoms with Crippen LogP contribution in [0, 0.1) is 0 Å². The molecule has 4 nitrogen and oxygen atoms in total. The van der Waals surface area contributed by atoms with E-state index in [-0.39, 0.29) is 5.54 Å². The van der Waals surface area contributed by atoms with Gasteiger partial charge < -0.3 is 4.90 Å². The highest BCUT2D eigenvalue weighted by Gasteiger charge is 2.49. The summed E-state index contributed by atoms with van der Waals surface area (Å²) in [5.74, 6) is 0.873. The van der Waals surface area contributed by atoms with E-state index in [1.807, 2.05) is 0 Å². The molecule has 1 N–H and O–H groups in total. The largest absolute Gasteiger partial charge is 0.522 e. The summed E-state index contributed by atoms with van der Waals surface area (Å²) in [7, 11) is -5.84. The van der Waals surface area contributed by atoms with Crippen LogP contribution in [0.4, 0.5) is 18.9 Å². The summed E-state index contributed by atoms with van der Waals surface area (Å²) in [6.07, 6.45) is 0. The van der Waals surface area contributed by atoms with Crippen molar-refractivity contribution in [2.45, 2.75) is 57.1 Å². The standard InChI is InChI=1S/C32H33N.CHF3O3S/c1-23(2)28-19-13-20-29(24(3)4)31(28)33-22-25-14-11-12-21-30(25)32(33,26-15-7-5-8-16-26)27-17-9-6-10-18-27;2-1(3,4)8(5,6)7/h5-21,23-24H,22H2,1-4H3;(H,5,6,7). The number of hydrogen-bond donors (Lipinski definition) is 1. The second-order valence-corrected chi connectivity index (χ2v) is 12.1. The molecule has 0 spiro atoms. The number of fused-ring (bicyclic) bond motifs is 1. The Balaban J connectivity index is 0.000000426. The zero-order chi connectivity index (χ0) is 30.0. The van der Waals surface area contributed by atoms with Crippen molar-refractivity contribution in [3.05, 3.63) is 137 Å². The number of rotatable bonds is 5. The van der Waals surface area contributed by atoms with Gasteiger partial charge in [0.2, 0.25) is 0 Å². The van der Waals surface area contributed by atoms with Crippen LogP contribution in [0.25, 0.3) is 0 Å². The van der Waals surface area contributed by atoms with E-state index < -0.39 is 15.6 Å². The van der Waals surface area contributed by atoms with Crippen LogP contribution in [-0.2, 0) is 22.2 Å². The van der Waals surface area contributed by atoms with Crippen LogP contribution < -0.4 is 4.90 Å². The molecule has 0 aliphatic carbocycles. The Bertz CT molecular complexity index is 1520. The van der Waals surface area contributed by atoms with Gasteiger partial charge in [-0.25, -0.2) is 0 Å². The molecular weight excluding hydrogens is 547 g/mol. The van der Waals surface area contributed by atoms with Crippen LogP contribution in [0.5, 0.6) is 0 Å². The average Bonchev–Trinajstić information content (AvgIpc) is 3.28. The van der Waals surface area contributed by atoms with Crippen molar-refractivity contribution in [1.82, 2.24) is 0 Å². The lowest BCUT2D eigenvalue weighted by Crippen LogP contribution is -2.44. The molecule has 1 heterocycles. The second-order valence-electron chi connectivity index (χ2n) is 10.7. The highest BCUT2D eigenvalue weighted by atomic mass is 32.2. The zero-order valence-corrected chi connectivity index (χ0v) is 24.2. The van der Waals surface area contributed by atoms with Crippen molar-refractivity contribution in [3.63, 3.8) is 0 Å². The van der Waals surface area contributed by atoms with Crippen LogP contribution >= 0.6 is 0 Å². The van der Waals surface area contributed by atoms with E-state index in [0.717, 1.165) is 6.54 Å². The Hall–Kier alpha value is -3.62. The molecule has 0 bridgehead atoms. The van der Waals surface area contributed by atoms with Gasteiger partial charge in [-0.2, -0.15) is 21.6 Å². The molecular formula is C33H34F3NO3S. The summed E-state index contributed by atoms with van der Waals surface area (Å²) in [5.41, 5.74) is 3.74. The first-order valence-electron chi connectivity index (χ1n) is 13.4. The molecule has 5 rings (SSSR count). The van der Waals surface area contributed by atoms with Gasteiger partial charge in [-0.05, 0) is 45.2 Å². The highest BCUT2D eigenvalue weighted by Crippen LogP contribution is 2.53. The van der Waals surface area contributed by atoms with Crippen LogP contribution in [0.15, 0.2) is 103 Å². The normalized spacial score (nSPS) is 14.5. The van der Waals surface area contributed by atoms with Crippen LogP contribution in [0.1, 0.15) is 72.9 Å². The van der Waals surface area contributed by atoms with Gasteiger partial charge in [0.1, 0.15) is 5.54 Å². The van der Waals surface area contributed by atoms with Gasteiger partial charge in [0.05, 0.1) is 0 Å². The maximum atomic E-state index is 10.7. The molecule has 1 aliphatic rings. The molecule has 1 aliphatic heterocycles. The first kappa shape index (κ1) is 30.3. The van der Waals surface area contributed by atoms with Crippen molar-refractivity contribution >= 4 is 15.8 Å². The molecule has 0 fully saturated rings. The van der Waals surface area contributed by atoms with Crippen LogP contribution in [0.3, 0.4) is 0 Å².